The fourth-order valence-electron chi connectivity index (χ4n) is 2.55. The predicted molar refractivity (Wildman–Crippen MR) is 149 cm³/mol. The largest absolute Gasteiger partial charge is 0.530 e. The first-order valence-corrected chi connectivity index (χ1v) is 21.3. The molecule has 3 aromatic carbocycles. The van der Waals surface area contributed by atoms with E-state index in [4.69, 9.17) is 94.6 Å². The molecule has 0 aliphatic carbocycles. The van der Waals surface area contributed by atoms with E-state index in [9.17, 15) is 18.3 Å². The average Bonchev–Trinajstić information content (AvgIpc) is 2.70. The van der Waals surface area contributed by atoms with Crippen molar-refractivity contribution in [3.63, 3.8) is 0 Å². The van der Waals surface area contributed by atoms with E-state index in [1.54, 1.807) is 0 Å². The molecule has 0 bridgehead atoms. The van der Waals surface area contributed by atoms with Crippen molar-refractivity contribution in [3.8, 4) is 34.5 Å². The summed E-state index contributed by atoms with van der Waals surface area (Å²) in [6, 6.07) is 15.9. The van der Waals surface area contributed by atoms with Crippen molar-refractivity contribution in [1.29, 1.82) is 0 Å². The molecule has 0 aliphatic heterocycles. The molecule has 3 aromatic rings. The summed E-state index contributed by atoms with van der Waals surface area (Å²) in [5.74, 6) is -0.494. The minimum atomic E-state index is -4.32. The molecule has 0 amide bonds. The first-order valence-electron chi connectivity index (χ1n) is 9.53. The third-order valence-electron chi connectivity index (χ3n) is 3.70. The Morgan fingerprint density at radius 1 is 0.395 bits per heavy atom. The summed E-state index contributed by atoms with van der Waals surface area (Å²) < 4.78 is 78.7. The summed E-state index contributed by atoms with van der Waals surface area (Å²) >= 11 is 33.3. The highest BCUT2D eigenvalue weighted by atomic mass is 35.9. The van der Waals surface area contributed by atoms with E-state index in [1.165, 1.54) is 66.7 Å². The zero-order chi connectivity index (χ0) is 28.2. The zero-order valence-corrected chi connectivity index (χ0v) is 26.2. The Balaban J connectivity index is 1.68. The van der Waals surface area contributed by atoms with Crippen LogP contribution in [0.25, 0.3) is 0 Å². The van der Waals surface area contributed by atoms with Crippen molar-refractivity contribution in [1.82, 2.24) is 0 Å². The van der Waals surface area contributed by atoms with Gasteiger partial charge in [0.15, 0.2) is 0 Å². The number of halogens is 6. The maximum absolute atomic E-state index is 12.7. The van der Waals surface area contributed by atoms with Crippen LogP contribution < -0.4 is 27.1 Å². The molecule has 3 rings (SSSR count). The molecule has 0 fully saturated rings. The smallest absolute Gasteiger partial charge is 0.422 e. The second-order valence-corrected chi connectivity index (χ2v) is 20.0. The van der Waals surface area contributed by atoms with Crippen molar-refractivity contribution in [3.05, 3.63) is 72.8 Å². The fraction of sp³-hybridized carbons (Fsp3) is 0. The second-order valence-electron chi connectivity index (χ2n) is 6.66. The highest BCUT2D eigenvalue weighted by Gasteiger charge is 2.28. The standard InChI is InChI=1S/C18H12Cl6O10P4/c19-35(20,25)29-13-4-1-6-15(10-13)31-37(23,27)33-17-8-3-9-18(12-17)34-38(24,28)32-16-7-2-5-14(11-16)30-36(21,22)26/h1-12H. The number of hydrogen-bond donors (Lipinski definition) is 0. The van der Waals surface area contributed by atoms with Crippen LogP contribution in [0.5, 0.6) is 34.5 Å². The first kappa shape index (κ1) is 31.6. The van der Waals surface area contributed by atoms with Crippen LogP contribution in [0.3, 0.4) is 0 Å². The molecule has 2 atom stereocenters. The Bertz CT molecular complexity index is 1390. The van der Waals surface area contributed by atoms with Crippen LogP contribution >= 0.6 is 93.5 Å². The Labute approximate surface area is 244 Å². The molecule has 2 unspecified atom stereocenters. The normalized spacial score (nSPS) is 14.9. The predicted octanol–water partition coefficient (Wildman–Crippen LogP) is 11.2. The molecule has 0 aliphatic rings. The van der Waals surface area contributed by atoms with Crippen molar-refractivity contribution < 1.29 is 45.4 Å². The molecule has 0 radical (unpaired) electrons. The molecular weight excluding hydrogens is 713 g/mol. The molecule has 206 valence electrons. The van der Waals surface area contributed by atoms with Gasteiger partial charge in [-0.25, -0.2) is 18.3 Å². The maximum atomic E-state index is 12.7. The molecule has 0 aromatic heterocycles. The van der Waals surface area contributed by atoms with Crippen molar-refractivity contribution >= 4 is 93.5 Å². The van der Waals surface area contributed by atoms with Crippen molar-refractivity contribution in [2.45, 2.75) is 0 Å². The van der Waals surface area contributed by atoms with E-state index >= 15 is 0 Å². The molecule has 10 nitrogen and oxygen atoms in total. The van der Waals surface area contributed by atoms with E-state index in [0.29, 0.717) is 0 Å². The minimum absolute atomic E-state index is 0.0443. The molecule has 0 saturated carbocycles. The maximum Gasteiger partial charge on any atom is 0.530 e. The van der Waals surface area contributed by atoms with Crippen LogP contribution in [0.2, 0.25) is 0 Å². The van der Waals surface area contributed by atoms with E-state index < -0.39 is 26.0 Å². The lowest BCUT2D eigenvalue weighted by Crippen LogP contribution is -1.97. The monoisotopic (exact) mass is 722 g/mol. The number of hydrogen-bond acceptors (Lipinski definition) is 10. The Morgan fingerprint density at radius 2 is 0.605 bits per heavy atom. The summed E-state index contributed by atoms with van der Waals surface area (Å²) in [6.45, 7) is -8.64. The lowest BCUT2D eigenvalue weighted by Gasteiger charge is -2.16. The number of rotatable bonds is 12. The summed E-state index contributed by atoms with van der Waals surface area (Å²) in [5, 5.41) is 0. The minimum Gasteiger partial charge on any atom is -0.422 e. The van der Waals surface area contributed by atoms with Gasteiger partial charge in [-0.1, -0.05) is 18.2 Å². The van der Waals surface area contributed by atoms with Gasteiger partial charge in [0, 0.05) is 85.6 Å². The van der Waals surface area contributed by atoms with Crippen LogP contribution in [0.1, 0.15) is 0 Å². The van der Waals surface area contributed by atoms with Gasteiger partial charge in [-0.05, 0) is 36.4 Å². The second kappa shape index (κ2) is 12.7. The van der Waals surface area contributed by atoms with Gasteiger partial charge < -0.3 is 27.1 Å². The SMILES string of the molecule is O=P(Cl)(Cl)Oc1cccc(OP(=O)(Cl)Oc2cccc(OP(=O)(Cl)Oc3cccc(OP(=O)(Cl)Cl)c3)c2)c1. The first-order chi connectivity index (χ1) is 17.5. The van der Waals surface area contributed by atoms with E-state index in [0.717, 1.165) is 6.07 Å². The van der Waals surface area contributed by atoms with Gasteiger partial charge in [0.2, 0.25) is 0 Å². The fourth-order valence-corrected chi connectivity index (χ4v) is 6.72. The Morgan fingerprint density at radius 3 is 0.816 bits per heavy atom. The quantitative estimate of drug-likeness (QED) is 0.167. The molecule has 0 spiro atoms. The summed E-state index contributed by atoms with van der Waals surface area (Å²) in [7, 11) is 0. The van der Waals surface area contributed by atoms with E-state index in [1.807, 2.05) is 0 Å². The van der Waals surface area contributed by atoms with Gasteiger partial charge in [0.1, 0.15) is 34.5 Å². The van der Waals surface area contributed by atoms with Crippen LogP contribution in [-0.4, -0.2) is 0 Å². The third kappa shape index (κ3) is 11.7. The lowest BCUT2D eigenvalue weighted by atomic mass is 10.3. The lowest BCUT2D eigenvalue weighted by molar-refractivity contribution is 0.399. The molecule has 38 heavy (non-hydrogen) atoms. The molecular formula is C18H12Cl6O10P4. The van der Waals surface area contributed by atoms with Gasteiger partial charge in [-0.3, -0.25) is 0 Å². The highest BCUT2D eigenvalue weighted by Crippen LogP contribution is 2.59. The topological polar surface area (TPSA) is 124 Å². The summed E-state index contributed by atoms with van der Waals surface area (Å²) in [5.41, 5.74) is 0. The van der Waals surface area contributed by atoms with Gasteiger partial charge in [0.25, 0.3) is 0 Å². The zero-order valence-electron chi connectivity index (χ0n) is 18.1. The summed E-state index contributed by atoms with van der Waals surface area (Å²) in [6.07, 6.45) is -7.80. The van der Waals surface area contributed by atoms with Gasteiger partial charge in [0.05, 0.1) is 0 Å². The molecule has 0 saturated heterocycles. The average molecular weight is 725 g/mol. The Kier molecular flexibility index (Phi) is 10.6. The van der Waals surface area contributed by atoms with Gasteiger partial charge in [-0.2, -0.15) is 0 Å². The highest BCUT2D eigenvalue weighted by molar-refractivity contribution is 8.05. The summed E-state index contributed by atoms with van der Waals surface area (Å²) in [4.78, 5) is 0. The van der Waals surface area contributed by atoms with Crippen molar-refractivity contribution in [2.75, 3.05) is 0 Å². The molecule has 0 heterocycles. The molecule has 0 N–H and O–H groups in total. The van der Waals surface area contributed by atoms with Crippen molar-refractivity contribution in [2.24, 2.45) is 0 Å². The Hall–Kier alpha value is -0.880. The number of benzene rings is 3. The van der Waals surface area contributed by atoms with Crippen LogP contribution in [0.4, 0.5) is 0 Å². The van der Waals surface area contributed by atoms with Crippen LogP contribution in [0, 0.1) is 0 Å². The van der Waals surface area contributed by atoms with Gasteiger partial charge in [-0.15, -0.1) is 0 Å². The van der Waals surface area contributed by atoms with Crippen LogP contribution in [-0.2, 0) is 18.3 Å². The van der Waals surface area contributed by atoms with Gasteiger partial charge >= 0.3 is 26.0 Å². The molecule has 20 heteroatoms. The van der Waals surface area contributed by atoms with Crippen LogP contribution in [0.15, 0.2) is 72.8 Å². The third-order valence-corrected chi connectivity index (χ3v) is 7.92. The van der Waals surface area contributed by atoms with E-state index in [2.05, 4.69) is 0 Å². The van der Waals surface area contributed by atoms with E-state index in [-0.39, 0.29) is 34.5 Å².